The van der Waals surface area contributed by atoms with Gasteiger partial charge in [0.25, 0.3) is 0 Å². The van der Waals surface area contributed by atoms with Crippen molar-refractivity contribution in [2.45, 2.75) is 26.4 Å². The molecule has 1 N–H and O–H groups in total. The lowest BCUT2D eigenvalue weighted by molar-refractivity contribution is 0.218. The maximum absolute atomic E-state index is 10.5. The Morgan fingerprint density at radius 3 is 2.50 bits per heavy atom. The molecule has 0 saturated heterocycles. The number of aliphatic hydroxyl groups excluding tert-OH is 1. The number of hydrogen-bond acceptors (Lipinski definition) is 2. The van der Waals surface area contributed by atoms with E-state index in [1.165, 1.54) is 0 Å². The van der Waals surface area contributed by atoms with E-state index in [0.717, 1.165) is 23.1 Å². The summed E-state index contributed by atoms with van der Waals surface area (Å²) in [6.45, 7) is 4.34. The number of pyridine rings is 1. The summed E-state index contributed by atoms with van der Waals surface area (Å²) >= 11 is 0. The number of benzene rings is 1. The fraction of sp³-hybridized carbons (Fsp3) is 0.312. The van der Waals surface area contributed by atoms with Crippen molar-refractivity contribution in [1.29, 1.82) is 0 Å². The third-order valence-corrected chi connectivity index (χ3v) is 2.98. The molecule has 0 fully saturated rings. The average Bonchev–Trinajstić information content (AvgIpc) is 2.39. The maximum Gasteiger partial charge on any atom is 0.104 e. The Hall–Kier alpha value is -1.67. The monoisotopic (exact) mass is 241 g/mol. The molecule has 1 unspecified atom stereocenters. The van der Waals surface area contributed by atoms with Crippen molar-refractivity contribution in [3.8, 4) is 0 Å². The minimum atomic E-state index is -0.567. The first-order valence-corrected chi connectivity index (χ1v) is 6.34. The van der Waals surface area contributed by atoms with Crippen molar-refractivity contribution in [3.63, 3.8) is 0 Å². The van der Waals surface area contributed by atoms with Gasteiger partial charge in [0, 0.05) is 12.4 Å². The third-order valence-electron chi connectivity index (χ3n) is 2.98. The molecule has 1 heterocycles. The quantitative estimate of drug-likeness (QED) is 0.890. The normalized spacial score (nSPS) is 12.7. The highest BCUT2D eigenvalue weighted by Crippen LogP contribution is 2.25. The van der Waals surface area contributed by atoms with Crippen molar-refractivity contribution in [3.05, 3.63) is 65.5 Å². The van der Waals surface area contributed by atoms with E-state index >= 15 is 0 Å². The van der Waals surface area contributed by atoms with Crippen LogP contribution in [0, 0.1) is 5.92 Å². The van der Waals surface area contributed by atoms with Gasteiger partial charge in [0.15, 0.2) is 0 Å². The Kier molecular flexibility index (Phi) is 4.11. The first-order chi connectivity index (χ1) is 8.68. The van der Waals surface area contributed by atoms with Gasteiger partial charge in [0.1, 0.15) is 6.10 Å². The van der Waals surface area contributed by atoms with Gasteiger partial charge in [-0.25, -0.2) is 0 Å². The minimum Gasteiger partial charge on any atom is -0.384 e. The molecule has 1 atom stereocenters. The summed E-state index contributed by atoms with van der Waals surface area (Å²) in [5.74, 6) is 0.552. The van der Waals surface area contributed by atoms with Crippen LogP contribution in [0.3, 0.4) is 0 Å². The van der Waals surface area contributed by atoms with Crippen LogP contribution >= 0.6 is 0 Å². The molecule has 0 radical (unpaired) electrons. The summed E-state index contributed by atoms with van der Waals surface area (Å²) in [6.07, 6.45) is 3.97. The zero-order valence-corrected chi connectivity index (χ0v) is 10.9. The molecular formula is C16H19NO. The average molecular weight is 241 g/mol. The zero-order valence-electron chi connectivity index (χ0n) is 10.9. The van der Waals surface area contributed by atoms with Crippen LogP contribution in [-0.2, 0) is 6.42 Å². The van der Waals surface area contributed by atoms with Crippen LogP contribution in [-0.4, -0.2) is 10.1 Å². The zero-order chi connectivity index (χ0) is 13.0. The second kappa shape index (κ2) is 5.78. The standard InChI is InChI=1S/C16H19NO/c1-12(2)10-14-11-17-9-8-15(14)16(18)13-6-4-3-5-7-13/h3-9,11-12,16,18H,10H2,1-2H3. The van der Waals surface area contributed by atoms with Gasteiger partial charge in [-0.15, -0.1) is 0 Å². The van der Waals surface area contributed by atoms with Gasteiger partial charge >= 0.3 is 0 Å². The number of aliphatic hydroxyl groups is 1. The van der Waals surface area contributed by atoms with E-state index < -0.39 is 6.10 Å². The van der Waals surface area contributed by atoms with Crippen molar-refractivity contribution in [2.24, 2.45) is 5.92 Å². The van der Waals surface area contributed by atoms with Crippen molar-refractivity contribution < 1.29 is 5.11 Å². The van der Waals surface area contributed by atoms with Gasteiger partial charge in [-0.1, -0.05) is 44.2 Å². The summed E-state index contributed by atoms with van der Waals surface area (Å²) in [5, 5.41) is 10.5. The van der Waals surface area contributed by atoms with Gasteiger partial charge in [-0.3, -0.25) is 4.98 Å². The second-order valence-electron chi connectivity index (χ2n) is 4.99. The van der Waals surface area contributed by atoms with E-state index in [1.54, 1.807) is 6.20 Å². The second-order valence-corrected chi connectivity index (χ2v) is 4.99. The molecule has 18 heavy (non-hydrogen) atoms. The summed E-state index contributed by atoms with van der Waals surface area (Å²) in [5.41, 5.74) is 3.02. The van der Waals surface area contributed by atoms with Crippen LogP contribution in [0.4, 0.5) is 0 Å². The van der Waals surface area contributed by atoms with E-state index in [1.807, 2.05) is 42.6 Å². The molecule has 2 heteroatoms. The maximum atomic E-state index is 10.5. The van der Waals surface area contributed by atoms with Gasteiger partial charge in [-0.05, 0) is 35.1 Å². The summed E-state index contributed by atoms with van der Waals surface area (Å²) < 4.78 is 0. The first-order valence-electron chi connectivity index (χ1n) is 6.34. The van der Waals surface area contributed by atoms with Crippen LogP contribution < -0.4 is 0 Å². The number of rotatable bonds is 4. The van der Waals surface area contributed by atoms with E-state index in [2.05, 4.69) is 18.8 Å². The highest BCUT2D eigenvalue weighted by molar-refractivity contribution is 5.34. The number of nitrogens with zero attached hydrogens (tertiary/aromatic N) is 1. The predicted octanol–water partition coefficient (Wildman–Crippen LogP) is 3.36. The van der Waals surface area contributed by atoms with Crippen LogP contribution in [0.5, 0.6) is 0 Å². The van der Waals surface area contributed by atoms with Crippen molar-refractivity contribution in [2.75, 3.05) is 0 Å². The van der Waals surface area contributed by atoms with Crippen molar-refractivity contribution in [1.82, 2.24) is 4.98 Å². The van der Waals surface area contributed by atoms with E-state index in [-0.39, 0.29) is 0 Å². The highest BCUT2D eigenvalue weighted by atomic mass is 16.3. The fourth-order valence-electron chi connectivity index (χ4n) is 2.13. The van der Waals surface area contributed by atoms with Crippen LogP contribution in [0.1, 0.15) is 36.6 Å². The molecule has 1 aromatic heterocycles. The SMILES string of the molecule is CC(C)Cc1cnccc1C(O)c1ccccc1. The van der Waals surface area contributed by atoms with Gasteiger partial charge in [0.2, 0.25) is 0 Å². The van der Waals surface area contributed by atoms with Gasteiger partial charge < -0.3 is 5.11 Å². The molecular weight excluding hydrogens is 222 g/mol. The number of aromatic nitrogens is 1. The van der Waals surface area contributed by atoms with Crippen molar-refractivity contribution >= 4 is 0 Å². The molecule has 2 aromatic rings. The lowest BCUT2D eigenvalue weighted by Crippen LogP contribution is -2.06. The largest absolute Gasteiger partial charge is 0.384 e. The molecule has 0 amide bonds. The molecule has 0 bridgehead atoms. The Morgan fingerprint density at radius 1 is 1.11 bits per heavy atom. The summed E-state index contributed by atoms with van der Waals surface area (Å²) in [6, 6.07) is 11.7. The summed E-state index contributed by atoms with van der Waals surface area (Å²) in [4.78, 5) is 4.16. The number of hydrogen-bond donors (Lipinski definition) is 1. The predicted molar refractivity (Wildman–Crippen MR) is 73.3 cm³/mol. The lowest BCUT2D eigenvalue weighted by atomic mass is 9.94. The minimum absolute atomic E-state index is 0.552. The molecule has 2 rings (SSSR count). The smallest absolute Gasteiger partial charge is 0.104 e. The highest BCUT2D eigenvalue weighted by Gasteiger charge is 2.14. The molecule has 1 aromatic carbocycles. The van der Waals surface area contributed by atoms with E-state index in [0.29, 0.717) is 5.92 Å². The van der Waals surface area contributed by atoms with E-state index in [9.17, 15) is 5.11 Å². The first kappa shape index (κ1) is 12.8. The Morgan fingerprint density at radius 2 is 1.83 bits per heavy atom. The molecule has 0 aliphatic heterocycles. The molecule has 94 valence electrons. The Labute approximate surface area is 108 Å². The molecule has 0 saturated carbocycles. The Bertz CT molecular complexity index is 493. The lowest BCUT2D eigenvalue weighted by Gasteiger charge is -2.16. The molecule has 2 nitrogen and oxygen atoms in total. The molecule has 0 aliphatic rings. The Balaban J connectivity index is 2.33. The van der Waals surface area contributed by atoms with Gasteiger partial charge in [0.05, 0.1) is 0 Å². The third kappa shape index (κ3) is 2.96. The van der Waals surface area contributed by atoms with Crippen LogP contribution in [0.15, 0.2) is 48.8 Å². The topological polar surface area (TPSA) is 33.1 Å². The molecule has 0 spiro atoms. The molecule has 0 aliphatic carbocycles. The summed E-state index contributed by atoms with van der Waals surface area (Å²) in [7, 11) is 0. The van der Waals surface area contributed by atoms with E-state index in [4.69, 9.17) is 0 Å². The van der Waals surface area contributed by atoms with Crippen LogP contribution in [0.25, 0.3) is 0 Å². The van der Waals surface area contributed by atoms with Crippen LogP contribution in [0.2, 0.25) is 0 Å². The van der Waals surface area contributed by atoms with Gasteiger partial charge in [-0.2, -0.15) is 0 Å². The fourth-order valence-corrected chi connectivity index (χ4v) is 2.13.